The Balaban J connectivity index is 1.52. The molecule has 2 fully saturated rings. The van der Waals surface area contributed by atoms with Crippen LogP contribution in [0, 0.1) is 0 Å². The molecule has 2 aliphatic rings. The van der Waals surface area contributed by atoms with E-state index in [9.17, 15) is 4.79 Å². The third kappa shape index (κ3) is 3.67. The molecule has 1 atom stereocenters. The van der Waals surface area contributed by atoms with Crippen LogP contribution >= 0.6 is 0 Å². The number of benzene rings is 1. The monoisotopic (exact) mass is 419 g/mol. The van der Waals surface area contributed by atoms with E-state index in [1.54, 1.807) is 29.1 Å². The summed E-state index contributed by atoms with van der Waals surface area (Å²) in [4.78, 5) is 24.3. The maximum absolute atomic E-state index is 13.3. The molecule has 1 amide bonds. The molecule has 3 heterocycles. The highest BCUT2D eigenvalue weighted by molar-refractivity contribution is 5.95. The van der Waals surface area contributed by atoms with Crippen LogP contribution in [-0.2, 0) is 4.74 Å². The van der Waals surface area contributed by atoms with Gasteiger partial charge in [-0.2, -0.15) is 5.10 Å². The highest BCUT2D eigenvalue weighted by atomic mass is 16.5. The Morgan fingerprint density at radius 3 is 2.81 bits per heavy atom. The highest BCUT2D eigenvalue weighted by Crippen LogP contribution is 2.42. The van der Waals surface area contributed by atoms with Gasteiger partial charge >= 0.3 is 0 Å². The molecule has 8 nitrogen and oxygen atoms in total. The Kier molecular flexibility index (Phi) is 5.15. The summed E-state index contributed by atoms with van der Waals surface area (Å²) in [5.74, 6) is 1.47. The van der Waals surface area contributed by atoms with Gasteiger partial charge in [-0.15, -0.1) is 0 Å². The third-order valence-electron chi connectivity index (χ3n) is 5.99. The molecule has 160 valence electrons. The molecule has 1 aromatic carbocycles. The first kappa shape index (κ1) is 19.7. The summed E-state index contributed by atoms with van der Waals surface area (Å²) in [5, 5.41) is 4.54. The summed E-state index contributed by atoms with van der Waals surface area (Å²) in [6.45, 7) is 1.28. The second-order valence-electron chi connectivity index (χ2n) is 8.01. The van der Waals surface area contributed by atoms with Crippen molar-refractivity contribution in [3.8, 4) is 23.0 Å². The van der Waals surface area contributed by atoms with Gasteiger partial charge in [-0.05, 0) is 37.5 Å². The number of hydrogen-bond acceptors (Lipinski definition) is 6. The Morgan fingerprint density at radius 2 is 2.06 bits per heavy atom. The van der Waals surface area contributed by atoms with Gasteiger partial charge in [0.2, 0.25) is 0 Å². The molecule has 1 saturated heterocycles. The van der Waals surface area contributed by atoms with Gasteiger partial charge in [0.05, 0.1) is 42.9 Å². The number of hydrogen-bond donors (Lipinski definition) is 0. The lowest BCUT2D eigenvalue weighted by atomic mass is 10.1. The van der Waals surface area contributed by atoms with Crippen molar-refractivity contribution in [1.29, 1.82) is 0 Å². The molecule has 0 bridgehead atoms. The molecule has 3 aromatic rings. The van der Waals surface area contributed by atoms with Crippen molar-refractivity contribution in [1.82, 2.24) is 24.6 Å². The van der Waals surface area contributed by atoms with E-state index >= 15 is 0 Å². The first-order valence-corrected chi connectivity index (χ1v) is 10.6. The molecular formula is C23H25N5O3. The summed E-state index contributed by atoms with van der Waals surface area (Å²) in [5.41, 5.74) is 3.15. The molecule has 1 unspecified atom stereocenters. The number of likely N-dealkylation sites (N-methyl/N-ethyl adjacent to an activating group) is 1. The predicted molar refractivity (Wildman–Crippen MR) is 114 cm³/mol. The SMILES string of the molecule is COc1ccccc1-c1ccnc(-n2ncc(C(=O)N(C)C3CCOC3)c2C2CC2)n1. The van der Waals surface area contributed by atoms with Crippen LogP contribution in [0.4, 0.5) is 0 Å². The number of para-hydroxylation sites is 1. The van der Waals surface area contributed by atoms with Crippen LogP contribution in [-0.4, -0.2) is 64.0 Å². The maximum Gasteiger partial charge on any atom is 0.257 e. The standard InChI is InChI=1S/C23H25N5O3/c1-27(16-10-12-31-14-16)22(29)18-13-25-28(21(18)15-7-8-15)23-24-11-9-19(26-23)17-5-3-4-6-20(17)30-2/h3-6,9,11,13,15-16H,7-8,10,12,14H2,1-2H3. The lowest BCUT2D eigenvalue weighted by molar-refractivity contribution is 0.0710. The van der Waals surface area contributed by atoms with E-state index < -0.39 is 0 Å². The minimum atomic E-state index is -0.0236. The van der Waals surface area contributed by atoms with Crippen LogP contribution in [0.25, 0.3) is 17.2 Å². The van der Waals surface area contributed by atoms with Crippen LogP contribution in [0.1, 0.15) is 41.2 Å². The van der Waals surface area contributed by atoms with Crippen molar-refractivity contribution in [3.05, 3.63) is 54.0 Å². The topological polar surface area (TPSA) is 82.4 Å². The molecule has 8 heteroatoms. The normalized spacial score (nSPS) is 18.2. The van der Waals surface area contributed by atoms with Crippen molar-refractivity contribution in [2.45, 2.75) is 31.2 Å². The summed E-state index contributed by atoms with van der Waals surface area (Å²) < 4.78 is 12.7. The molecule has 31 heavy (non-hydrogen) atoms. The van der Waals surface area contributed by atoms with E-state index in [4.69, 9.17) is 14.5 Å². The number of carbonyl (C=O) groups excluding carboxylic acids is 1. The van der Waals surface area contributed by atoms with Crippen LogP contribution in [0.5, 0.6) is 5.75 Å². The highest BCUT2D eigenvalue weighted by Gasteiger charge is 2.36. The average Bonchev–Trinajstić information content (AvgIpc) is 3.32. The van der Waals surface area contributed by atoms with Crippen molar-refractivity contribution in [2.24, 2.45) is 0 Å². The van der Waals surface area contributed by atoms with Crippen molar-refractivity contribution in [2.75, 3.05) is 27.4 Å². The van der Waals surface area contributed by atoms with Gasteiger partial charge in [-0.1, -0.05) is 12.1 Å². The van der Waals surface area contributed by atoms with Crippen LogP contribution in [0.3, 0.4) is 0 Å². The summed E-state index contributed by atoms with van der Waals surface area (Å²) in [6, 6.07) is 9.69. The fourth-order valence-corrected chi connectivity index (χ4v) is 4.07. The van der Waals surface area contributed by atoms with Gasteiger partial charge in [0.1, 0.15) is 5.75 Å². The second kappa shape index (κ2) is 8.11. The molecule has 1 aliphatic carbocycles. The van der Waals surface area contributed by atoms with E-state index in [0.717, 1.165) is 42.0 Å². The van der Waals surface area contributed by atoms with E-state index in [1.165, 1.54) is 0 Å². The molecule has 2 aromatic heterocycles. The number of aromatic nitrogens is 4. The molecule has 1 aliphatic heterocycles. The quantitative estimate of drug-likeness (QED) is 0.611. The second-order valence-corrected chi connectivity index (χ2v) is 8.01. The predicted octanol–water partition coefficient (Wildman–Crippen LogP) is 3.08. The Morgan fingerprint density at radius 1 is 1.23 bits per heavy atom. The van der Waals surface area contributed by atoms with E-state index in [-0.39, 0.29) is 11.9 Å². The number of rotatable bonds is 6. The van der Waals surface area contributed by atoms with Gasteiger partial charge < -0.3 is 14.4 Å². The smallest absolute Gasteiger partial charge is 0.257 e. The number of ether oxygens (including phenoxy) is 2. The third-order valence-corrected chi connectivity index (χ3v) is 5.99. The minimum Gasteiger partial charge on any atom is -0.496 e. The lowest BCUT2D eigenvalue weighted by Gasteiger charge is -2.23. The van der Waals surface area contributed by atoms with Gasteiger partial charge in [0, 0.05) is 31.3 Å². The summed E-state index contributed by atoms with van der Waals surface area (Å²) in [6.07, 6.45) is 6.30. The van der Waals surface area contributed by atoms with Crippen molar-refractivity contribution >= 4 is 5.91 Å². The Bertz CT molecular complexity index is 1100. The number of nitrogens with zero attached hydrogens (tertiary/aromatic N) is 5. The molecule has 5 rings (SSSR count). The van der Waals surface area contributed by atoms with Crippen LogP contribution in [0.15, 0.2) is 42.7 Å². The van der Waals surface area contributed by atoms with Gasteiger partial charge in [0.15, 0.2) is 0 Å². The zero-order valence-corrected chi connectivity index (χ0v) is 17.7. The van der Waals surface area contributed by atoms with E-state index in [0.29, 0.717) is 30.6 Å². The fourth-order valence-electron chi connectivity index (χ4n) is 4.07. The molecular weight excluding hydrogens is 394 g/mol. The molecule has 0 spiro atoms. The number of amides is 1. The Hall–Kier alpha value is -3.26. The molecule has 1 saturated carbocycles. The van der Waals surface area contributed by atoms with E-state index in [2.05, 4.69) is 10.1 Å². The average molecular weight is 419 g/mol. The lowest BCUT2D eigenvalue weighted by Crippen LogP contribution is -2.37. The number of carbonyl (C=O) groups is 1. The zero-order chi connectivity index (χ0) is 21.4. The minimum absolute atomic E-state index is 0.0236. The Labute approximate surface area is 180 Å². The van der Waals surface area contributed by atoms with Crippen LogP contribution in [0.2, 0.25) is 0 Å². The summed E-state index contributed by atoms with van der Waals surface area (Å²) >= 11 is 0. The zero-order valence-electron chi connectivity index (χ0n) is 17.7. The van der Waals surface area contributed by atoms with Crippen LogP contribution < -0.4 is 4.74 Å². The maximum atomic E-state index is 13.3. The van der Waals surface area contributed by atoms with Gasteiger partial charge in [-0.25, -0.2) is 14.6 Å². The largest absolute Gasteiger partial charge is 0.496 e. The van der Waals surface area contributed by atoms with Crippen molar-refractivity contribution in [3.63, 3.8) is 0 Å². The fraction of sp³-hybridized carbons (Fsp3) is 0.391. The van der Waals surface area contributed by atoms with Gasteiger partial charge in [-0.3, -0.25) is 4.79 Å². The molecule has 0 N–H and O–H groups in total. The first-order valence-electron chi connectivity index (χ1n) is 10.6. The first-order chi connectivity index (χ1) is 15.2. The number of methoxy groups -OCH3 is 1. The van der Waals surface area contributed by atoms with E-state index in [1.807, 2.05) is 37.4 Å². The van der Waals surface area contributed by atoms with Crippen molar-refractivity contribution < 1.29 is 14.3 Å². The van der Waals surface area contributed by atoms with Gasteiger partial charge in [0.25, 0.3) is 11.9 Å². The summed E-state index contributed by atoms with van der Waals surface area (Å²) in [7, 11) is 3.48. The molecule has 0 radical (unpaired) electrons.